The summed E-state index contributed by atoms with van der Waals surface area (Å²) < 4.78 is 0. The molecule has 0 spiro atoms. The summed E-state index contributed by atoms with van der Waals surface area (Å²) in [5, 5.41) is 1.08. The molecule has 2 aromatic rings. The Kier molecular flexibility index (Phi) is 3.72. The Bertz CT molecular complexity index is 522. The standard InChI is InChI=1S/C12H13Cl2N3/c1-7(5-15)12-16-6-11(17-12)8-2-3-9(13)10(14)4-8/h2-4,6-7H,5,15H2,1H3,(H,16,17). The Morgan fingerprint density at radius 3 is 2.76 bits per heavy atom. The SMILES string of the molecule is CC(CN)c1ncc(-c2ccc(Cl)c(Cl)c2)[nH]1. The van der Waals surface area contributed by atoms with Gasteiger partial charge in [0.1, 0.15) is 5.82 Å². The Hall–Kier alpha value is -1.03. The molecule has 1 heterocycles. The Labute approximate surface area is 110 Å². The maximum Gasteiger partial charge on any atom is 0.110 e. The molecule has 0 saturated carbocycles. The van der Waals surface area contributed by atoms with Crippen LogP contribution < -0.4 is 5.73 Å². The van der Waals surface area contributed by atoms with E-state index < -0.39 is 0 Å². The third-order valence-electron chi connectivity index (χ3n) is 2.65. The lowest BCUT2D eigenvalue weighted by Gasteiger charge is -2.04. The van der Waals surface area contributed by atoms with Gasteiger partial charge in [0.2, 0.25) is 0 Å². The van der Waals surface area contributed by atoms with Crippen LogP contribution in [0.3, 0.4) is 0 Å². The average molecular weight is 270 g/mol. The zero-order valence-corrected chi connectivity index (χ0v) is 10.9. The second kappa shape index (κ2) is 5.08. The monoisotopic (exact) mass is 269 g/mol. The van der Waals surface area contributed by atoms with Crippen molar-refractivity contribution in [2.75, 3.05) is 6.54 Å². The largest absolute Gasteiger partial charge is 0.342 e. The first-order chi connectivity index (χ1) is 8.11. The molecule has 0 aliphatic rings. The molecule has 90 valence electrons. The number of halogens is 2. The van der Waals surface area contributed by atoms with E-state index >= 15 is 0 Å². The summed E-state index contributed by atoms with van der Waals surface area (Å²) in [5.74, 6) is 1.10. The van der Waals surface area contributed by atoms with Gasteiger partial charge in [-0.3, -0.25) is 0 Å². The van der Waals surface area contributed by atoms with E-state index in [0.29, 0.717) is 16.6 Å². The predicted octanol–water partition coefficient (Wildman–Crippen LogP) is 3.45. The lowest BCUT2D eigenvalue weighted by molar-refractivity contribution is 0.725. The lowest BCUT2D eigenvalue weighted by Crippen LogP contribution is -2.10. The van der Waals surface area contributed by atoms with Gasteiger partial charge in [0.25, 0.3) is 0 Å². The topological polar surface area (TPSA) is 54.7 Å². The number of rotatable bonds is 3. The third-order valence-corrected chi connectivity index (χ3v) is 3.39. The fourth-order valence-electron chi connectivity index (χ4n) is 1.51. The van der Waals surface area contributed by atoms with Gasteiger partial charge in [-0.25, -0.2) is 4.98 Å². The van der Waals surface area contributed by atoms with E-state index in [0.717, 1.165) is 17.1 Å². The number of nitrogens with two attached hydrogens (primary N) is 1. The van der Waals surface area contributed by atoms with Gasteiger partial charge in [-0.15, -0.1) is 0 Å². The van der Waals surface area contributed by atoms with Gasteiger partial charge in [0, 0.05) is 18.0 Å². The van der Waals surface area contributed by atoms with Crippen molar-refractivity contribution >= 4 is 23.2 Å². The van der Waals surface area contributed by atoms with Crippen LogP contribution in [-0.4, -0.2) is 16.5 Å². The number of nitrogens with zero attached hydrogens (tertiary/aromatic N) is 1. The van der Waals surface area contributed by atoms with Crippen molar-refractivity contribution in [1.29, 1.82) is 0 Å². The summed E-state index contributed by atoms with van der Waals surface area (Å²) in [6.45, 7) is 2.59. The van der Waals surface area contributed by atoms with E-state index in [9.17, 15) is 0 Å². The van der Waals surface area contributed by atoms with Crippen LogP contribution in [0.2, 0.25) is 10.0 Å². The molecular weight excluding hydrogens is 257 g/mol. The van der Waals surface area contributed by atoms with Crippen molar-refractivity contribution in [2.45, 2.75) is 12.8 Å². The number of H-pyrrole nitrogens is 1. The Morgan fingerprint density at radius 2 is 2.12 bits per heavy atom. The molecule has 5 heteroatoms. The van der Waals surface area contributed by atoms with Gasteiger partial charge in [-0.2, -0.15) is 0 Å². The van der Waals surface area contributed by atoms with E-state index in [4.69, 9.17) is 28.9 Å². The molecule has 0 fully saturated rings. The molecule has 1 aromatic heterocycles. The number of aromatic amines is 1. The summed E-state index contributed by atoms with van der Waals surface area (Å²) in [7, 11) is 0. The molecule has 0 amide bonds. The van der Waals surface area contributed by atoms with Crippen LogP contribution in [0.5, 0.6) is 0 Å². The van der Waals surface area contributed by atoms with Crippen LogP contribution in [0.4, 0.5) is 0 Å². The highest BCUT2D eigenvalue weighted by atomic mass is 35.5. The minimum Gasteiger partial charge on any atom is -0.342 e. The summed E-state index contributed by atoms with van der Waals surface area (Å²) in [5.41, 5.74) is 7.47. The predicted molar refractivity (Wildman–Crippen MR) is 71.5 cm³/mol. The van der Waals surface area contributed by atoms with Crippen LogP contribution in [0.1, 0.15) is 18.7 Å². The van der Waals surface area contributed by atoms with E-state index in [2.05, 4.69) is 9.97 Å². The van der Waals surface area contributed by atoms with Crippen molar-refractivity contribution < 1.29 is 0 Å². The van der Waals surface area contributed by atoms with Gasteiger partial charge in [0.15, 0.2) is 0 Å². The highest BCUT2D eigenvalue weighted by Crippen LogP contribution is 2.28. The molecule has 2 rings (SSSR count). The minimum atomic E-state index is 0.214. The summed E-state index contributed by atoms with van der Waals surface area (Å²) in [6.07, 6.45) is 1.78. The van der Waals surface area contributed by atoms with Crippen molar-refractivity contribution in [1.82, 2.24) is 9.97 Å². The summed E-state index contributed by atoms with van der Waals surface area (Å²) >= 11 is 11.8. The molecule has 1 atom stereocenters. The second-order valence-electron chi connectivity index (χ2n) is 3.95. The summed E-state index contributed by atoms with van der Waals surface area (Å²) in [6, 6.07) is 5.49. The first-order valence-corrected chi connectivity index (χ1v) is 6.07. The van der Waals surface area contributed by atoms with Gasteiger partial charge in [-0.1, -0.05) is 36.2 Å². The number of benzene rings is 1. The minimum absolute atomic E-state index is 0.214. The molecule has 1 unspecified atom stereocenters. The number of aromatic nitrogens is 2. The molecule has 0 aliphatic heterocycles. The van der Waals surface area contributed by atoms with E-state index in [1.165, 1.54) is 0 Å². The van der Waals surface area contributed by atoms with E-state index in [1.54, 1.807) is 12.3 Å². The first kappa shape index (κ1) is 12.4. The number of hydrogen-bond donors (Lipinski definition) is 2. The van der Waals surface area contributed by atoms with Crippen molar-refractivity contribution in [3.63, 3.8) is 0 Å². The van der Waals surface area contributed by atoms with E-state index in [-0.39, 0.29) is 5.92 Å². The molecule has 17 heavy (non-hydrogen) atoms. The smallest absolute Gasteiger partial charge is 0.110 e. The fraction of sp³-hybridized carbons (Fsp3) is 0.250. The third kappa shape index (κ3) is 2.63. The van der Waals surface area contributed by atoms with Gasteiger partial charge >= 0.3 is 0 Å². The van der Waals surface area contributed by atoms with Crippen LogP contribution in [-0.2, 0) is 0 Å². The van der Waals surface area contributed by atoms with Crippen LogP contribution in [0, 0.1) is 0 Å². The average Bonchev–Trinajstić information content (AvgIpc) is 2.81. The number of hydrogen-bond acceptors (Lipinski definition) is 2. The number of nitrogens with one attached hydrogen (secondary N) is 1. The zero-order chi connectivity index (χ0) is 12.4. The fourth-order valence-corrected chi connectivity index (χ4v) is 1.81. The highest BCUT2D eigenvalue weighted by molar-refractivity contribution is 6.42. The maximum atomic E-state index is 5.97. The first-order valence-electron chi connectivity index (χ1n) is 5.32. The van der Waals surface area contributed by atoms with Crippen LogP contribution in [0.25, 0.3) is 11.3 Å². The second-order valence-corrected chi connectivity index (χ2v) is 4.76. The normalized spacial score (nSPS) is 12.7. The Morgan fingerprint density at radius 1 is 1.35 bits per heavy atom. The van der Waals surface area contributed by atoms with Gasteiger partial charge in [0.05, 0.1) is 21.9 Å². The molecule has 0 radical (unpaired) electrons. The molecule has 1 aromatic carbocycles. The molecule has 3 nitrogen and oxygen atoms in total. The maximum absolute atomic E-state index is 5.97. The van der Waals surface area contributed by atoms with Crippen LogP contribution in [0.15, 0.2) is 24.4 Å². The molecule has 0 aliphatic carbocycles. The van der Waals surface area contributed by atoms with Crippen molar-refractivity contribution in [3.8, 4) is 11.3 Å². The molecule has 0 bridgehead atoms. The summed E-state index contributed by atoms with van der Waals surface area (Å²) in [4.78, 5) is 7.54. The molecule has 3 N–H and O–H groups in total. The quantitative estimate of drug-likeness (QED) is 0.897. The Balaban J connectivity index is 2.33. The highest BCUT2D eigenvalue weighted by Gasteiger charge is 2.09. The molecule has 0 saturated heterocycles. The van der Waals surface area contributed by atoms with Crippen LogP contribution >= 0.6 is 23.2 Å². The van der Waals surface area contributed by atoms with Crippen molar-refractivity contribution in [3.05, 3.63) is 40.3 Å². The number of imidazole rings is 1. The molecular formula is C12H13Cl2N3. The zero-order valence-electron chi connectivity index (χ0n) is 9.37. The van der Waals surface area contributed by atoms with Gasteiger partial charge < -0.3 is 10.7 Å². The van der Waals surface area contributed by atoms with Gasteiger partial charge in [-0.05, 0) is 12.1 Å². The van der Waals surface area contributed by atoms with Crippen molar-refractivity contribution in [2.24, 2.45) is 5.73 Å². The lowest BCUT2D eigenvalue weighted by atomic mass is 10.1. The van der Waals surface area contributed by atoms with E-state index in [1.807, 2.05) is 19.1 Å².